The van der Waals surface area contributed by atoms with Crippen molar-refractivity contribution in [3.8, 4) is 5.75 Å². The van der Waals surface area contributed by atoms with Crippen molar-refractivity contribution in [1.82, 2.24) is 0 Å². The third-order valence-electron chi connectivity index (χ3n) is 4.42. The molecule has 1 rings (SSSR count). The second-order valence-electron chi connectivity index (χ2n) is 9.04. The highest BCUT2D eigenvalue weighted by Gasteiger charge is 2.27. The molecular weight excluding hydrogens is 336 g/mol. The molecule has 0 aliphatic heterocycles. The lowest BCUT2D eigenvalue weighted by Crippen LogP contribution is -2.19. The van der Waals surface area contributed by atoms with Crippen LogP contribution in [0.3, 0.4) is 0 Å². The molecule has 0 aliphatic carbocycles. The first-order valence-corrected chi connectivity index (χ1v) is 9.27. The van der Waals surface area contributed by atoms with E-state index < -0.39 is 5.97 Å². The van der Waals surface area contributed by atoms with Crippen molar-refractivity contribution in [2.75, 3.05) is 7.11 Å². The van der Waals surface area contributed by atoms with Gasteiger partial charge in [-0.2, -0.15) is 0 Å². The maximum atomic E-state index is 10.7. The fourth-order valence-corrected chi connectivity index (χ4v) is 2.87. The summed E-state index contributed by atoms with van der Waals surface area (Å²) < 4.78 is 5.82. The van der Waals surface area contributed by atoms with Gasteiger partial charge in [0, 0.05) is 17.2 Å². The lowest BCUT2D eigenvalue weighted by Gasteiger charge is -2.30. The molecule has 0 radical (unpaired) electrons. The zero-order valence-electron chi connectivity index (χ0n) is 18.2. The number of aliphatic carboxylic acids is 1. The summed E-state index contributed by atoms with van der Waals surface area (Å²) in [7, 11) is 1.74. The molecule has 1 aromatic rings. The summed E-state index contributed by atoms with van der Waals surface area (Å²) in [5.74, 6) is 0.0278. The summed E-state index contributed by atoms with van der Waals surface area (Å²) in [6.45, 7) is 17.0. The minimum Gasteiger partial charge on any atom is -0.496 e. The molecule has 0 saturated heterocycles. The Morgan fingerprint density at radius 3 is 1.85 bits per heavy atom. The molecule has 3 nitrogen and oxygen atoms in total. The Balaban J connectivity index is 3.49. The lowest BCUT2D eigenvalue weighted by atomic mass is 9.77. The highest BCUT2D eigenvalue weighted by molar-refractivity contribution is 5.81. The molecule has 148 valence electrons. The van der Waals surface area contributed by atoms with Crippen molar-refractivity contribution in [1.29, 1.82) is 0 Å². The average molecular weight is 371 g/mol. The smallest absolute Gasteiger partial charge is 0.328 e. The van der Waals surface area contributed by atoms with Crippen LogP contribution in [0, 0.1) is 0 Å². The third-order valence-corrected chi connectivity index (χ3v) is 4.42. The zero-order chi connectivity index (χ0) is 21.0. The summed E-state index contributed by atoms with van der Waals surface area (Å²) in [6.07, 6.45) is 6.90. The van der Waals surface area contributed by atoms with E-state index in [0.717, 1.165) is 16.9 Å². The van der Waals surface area contributed by atoms with Gasteiger partial charge in [-0.1, -0.05) is 59.8 Å². The Morgan fingerprint density at radius 1 is 1.00 bits per heavy atom. The first kappa shape index (κ1) is 22.8. The summed E-state index contributed by atoms with van der Waals surface area (Å²) in [4.78, 5) is 10.7. The van der Waals surface area contributed by atoms with Gasteiger partial charge < -0.3 is 9.84 Å². The molecule has 0 amide bonds. The van der Waals surface area contributed by atoms with Crippen molar-refractivity contribution in [3.63, 3.8) is 0 Å². The number of carboxylic acids is 1. The van der Waals surface area contributed by atoms with E-state index in [-0.39, 0.29) is 10.8 Å². The molecule has 0 bridgehead atoms. The minimum absolute atomic E-state index is 0.0434. The predicted molar refractivity (Wildman–Crippen MR) is 115 cm³/mol. The van der Waals surface area contributed by atoms with Crippen molar-refractivity contribution < 1.29 is 14.6 Å². The van der Waals surface area contributed by atoms with Crippen LogP contribution < -0.4 is 4.74 Å². The predicted octanol–water partition coefficient (Wildman–Crippen LogP) is 6.28. The van der Waals surface area contributed by atoms with Crippen LogP contribution in [0.1, 0.15) is 72.1 Å². The van der Waals surface area contributed by atoms with Crippen LogP contribution in [-0.2, 0) is 15.6 Å². The Kier molecular flexibility index (Phi) is 7.25. The van der Waals surface area contributed by atoms with Gasteiger partial charge in [-0.05, 0) is 53.5 Å². The topological polar surface area (TPSA) is 46.5 Å². The van der Waals surface area contributed by atoms with E-state index in [9.17, 15) is 4.79 Å². The molecule has 0 saturated carbocycles. The molecule has 0 aromatic heterocycles. The number of rotatable bonds is 5. The van der Waals surface area contributed by atoms with Crippen LogP contribution in [0.5, 0.6) is 5.75 Å². The number of hydrogen-bond acceptors (Lipinski definition) is 2. The first-order valence-electron chi connectivity index (χ1n) is 9.27. The quantitative estimate of drug-likeness (QED) is 0.490. The normalized spacial score (nSPS) is 14.0. The second kappa shape index (κ2) is 8.60. The van der Waals surface area contributed by atoms with Crippen LogP contribution in [-0.4, -0.2) is 18.2 Å². The molecule has 1 aromatic carbocycles. The van der Waals surface area contributed by atoms with Gasteiger partial charge in [0.15, 0.2) is 0 Å². The monoisotopic (exact) mass is 370 g/mol. The van der Waals surface area contributed by atoms with Gasteiger partial charge in [0.05, 0.1) is 7.11 Å². The summed E-state index contributed by atoms with van der Waals surface area (Å²) in [5.41, 5.74) is 5.25. The Bertz CT molecular complexity index is 744. The van der Waals surface area contributed by atoms with Crippen molar-refractivity contribution in [3.05, 3.63) is 58.7 Å². The number of carboxylic acid groups (broad SMARTS) is 1. The van der Waals surface area contributed by atoms with E-state index in [2.05, 4.69) is 60.6 Å². The van der Waals surface area contributed by atoms with Crippen molar-refractivity contribution in [2.45, 2.75) is 66.2 Å². The number of ether oxygens (including phenoxy) is 1. The van der Waals surface area contributed by atoms with Gasteiger partial charge in [-0.25, -0.2) is 4.79 Å². The van der Waals surface area contributed by atoms with Gasteiger partial charge in [0.2, 0.25) is 0 Å². The van der Waals surface area contributed by atoms with E-state index in [1.54, 1.807) is 20.1 Å². The molecule has 3 heteroatoms. The van der Waals surface area contributed by atoms with E-state index in [0.29, 0.717) is 5.57 Å². The van der Waals surface area contributed by atoms with Crippen LogP contribution in [0.15, 0.2) is 42.0 Å². The molecule has 0 heterocycles. The fourth-order valence-electron chi connectivity index (χ4n) is 2.87. The lowest BCUT2D eigenvalue weighted by molar-refractivity contribution is -0.131. The molecular formula is C24H34O3. The van der Waals surface area contributed by atoms with E-state index >= 15 is 0 Å². The standard InChI is InChI=1S/C24H34O3/c1-16(13-21(25)26)11-10-12-17(2)18-14-19(23(3,4)5)22(27-9)20(15-18)24(6,7)8/h10-15H,1-9H3,(H,25,26)/b11-10+,16-13+,17-12-. The molecule has 27 heavy (non-hydrogen) atoms. The maximum absolute atomic E-state index is 10.7. The first-order chi connectivity index (χ1) is 12.3. The van der Waals surface area contributed by atoms with Gasteiger partial charge in [0.1, 0.15) is 5.75 Å². The maximum Gasteiger partial charge on any atom is 0.328 e. The Labute approximate surface area is 164 Å². The number of allylic oxidation sites excluding steroid dienone is 5. The third kappa shape index (κ3) is 6.42. The number of carbonyl (C=O) groups is 1. The van der Waals surface area contributed by atoms with E-state index in [4.69, 9.17) is 9.84 Å². The number of benzene rings is 1. The molecule has 0 aliphatic rings. The molecule has 0 atom stereocenters. The van der Waals surface area contributed by atoms with Crippen LogP contribution in [0.25, 0.3) is 5.57 Å². The van der Waals surface area contributed by atoms with Gasteiger partial charge in [-0.15, -0.1) is 0 Å². The van der Waals surface area contributed by atoms with Gasteiger partial charge >= 0.3 is 5.97 Å². The molecule has 0 spiro atoms. The van der Waals surface area contributed by atoms with Crippen LogP contribution in [0.2, 0.25) is 0 Å². The summed E-state index contributed by atoms with van der Waals surface area (Å²) >= 11 is 0. The van der Waals surface area contributed by atoms with Crippen molar-refractivity contribution in [2.24, 2.45) is 0 Å². The Hall–Kier alpha value is -2.29. The van der Waals surface area contributed by atoms with E-state index in [1.807, 2.05) is 12.2 Å². The van der Waals surface area contributed by atoms with Crippen LogP contribution >= 0.6 is 0 Å². The van der Waals surface area contributed by atoms with Crippen molar-refractivity contribution >= 4 is 11.5 Å². The number of hydrogen-bond donors (Lipinski definition) is 1. The average Bonchev–Trinajstić information content (AvgIpc) is 2.50. The highest BCUT2D eigenvalue weighted by Crippen LogP contribution is 2.41. The Morgan fingerprint density at radius 2 is 1.48 bits per heavy atom. The summed E-state index contributed by atoms with van der Waals surface area (Å²) in [6, 6.07) is 4.40. The second-order valence-corrected chi connectivity index (χ2v) is 9.04. The fraction of sp³-hybridized carbons (Fsp3) is 0.458. The molecule has 0 fully saturated rings. The van der Waals surface area contributed by atoms with Gasteiger partial charge in [0.25, 0.3) is 0 Å². The SMILES string of the molecule is COc1c(C(C)(C)C)cc(\C(C)=C/C=C/C(C)=C/C(=O)O)cc1C(C)(C)C. The highest BCUT2D eigenvalue weighted by atomic mass is 16.5. The largest absolute Gasteiger partial charge is 0.496 e. The number of methoxy groups -OCH3 is 1. The molecule has 1 N–H and O–H groups in total. The van der Waals surface area contributed by atoms with Gasteiger partial charge in [-0.3, -0.25) is 0 Å². The molecule has 0 unspecified atom stereocenters. The van der Waals surface area contributed by atoms with Crippen LogP contribution in [0.4, 0.5) is 0 Å². The zero-order valence-corrected chi connectivity index (χ0v) is 18.2. The van der Waals surface area contributed by atoms with E-state index in [1.165, 1.54) is 17.2 Å². The minimum atomic E-state index is -0.933. The summed E-state index contributed by atoms with van der Waals surface area (Å²) in [5, 5.41) is 8.80.